The van der Waals surface area contributed by atoms with E-state index in [2.05, 4.69) is 0 Å². The second kappa shape index (κ2) is 4.92. The fraction of sp³-hybridized carbons (Fsp3) is 0.188. The van der Waals surface area contributed by atoms with E-state index in [0.717, 1.165) is 6.07 Å². The maximum atomic E-state index is 12.5. The first-order chi connectivity index (χ1) is 10.4. The van der Waals surface area contributed by atoms with E-state index >= 15 is 0 Å². The van der Waals surface area contributed by atoms with Crippen LogP contribution in [0.25, 0.3) is 0 Å². The van der Waals surface area contributed by atoms with E-state index in [4.69, 9.17) is 4.74 Å². The second-order valence-corrected chi connectivity index (χ2v) is 5.33. The lowest BCUT2D eigenvalue weighted by Gasteiger charge is -2.32. The van der Waals surface area contributed by atoms with Gasteiger partial charge in [0.1, 0.15) is 35.2 Å². The largest absolute Gasteiger partial charge is 0.508 e. The molecule has 0 bridgehead atoms. The molecule has 2 aromatic rings. The minimum absolute atomic E-state index is 0.0220. The van der Waals surface area contributed by atoms with E-state index in [1.165, 1.54) is 18.2 Å². The van der Waals surface area contributed by atoms with Gasteiger partial charge in [-0.2, -0.15) is 0 Å². The topological polar surface area (TPSA) is 107 Å². The lowest BCUT2D eigenvalue weighted by molar-refractivity contribution is -0.00240. The summed E-state index contributed by atoms with van der Waals surface area (Å²) in [6, 6.07) is 8.33. The number of aromatic hydroxyl groups is 3. The van der Waals surface area contributed by atoms with Crippen molar-refractivity contribution in [2.45, 2.75) is 12.0 Å². The minimum Gasteiger partial charge on any atom is -0.508 e. The molecule has 0 saturated carbocycles. The summed E-state index contributed by atoms with van der Waals surface area (Å²) in [6.45, 7) is -0.289. The Morgan fingerprint density at radius 2 is 1.73 bits per heavy atom. The number of ether oxygens (including phenoxy) is 1. The molecule has 0 spiro atoms. The van der Waals surface area contributed by atoms with Gasteiger partial charge in [-0.05, 0) is 17.7 Å². The van der Waals surface area contributed by atoms with Crippen LogP contribution < -0.4 is 4.74 Å². The van der Waals surface area contributed by atoms with Crippen LogP contribution in [0.5, 0.6) is 23.0 Å². The van der Waals surface area contributed by atoms with Crippen LogP contribution in [0, 0.1) is 0 Å². The fourth-order valence-electron chi connectivity index (χ4n) is 2.51. The molecule has 114 valence electrons. The van der Waals surface area contributed by atoms with Crippen molar-refractivity contribution in [3.05, 3.63) is 47.5 Å². The third kappa shape index (κ3) is 2.33. The molecule has 4 N–H and O–H groups in total. The average Bonchev–Trinajstić information content (AvgIpc) is 2.45. The molecule has 0 amide bonds. The van der Waals surface area contributed by atoms with Crippen LogP contribution in [0.3, 0.4) is 0 Å². The molecule has 2 aromatic carbocycles. The van der Waals surface area contributed by atoms with Crippen molar-refractivity contribution in [2.75, 3.05) is 6.61 Å². The molecule has 0 fully saturated rings. The maximum absolute atomic E-state index is 12.5. The number of benzene rings is 2. The van der Waals surface area contributed by atoms with Gasteiger partial charge in [0, 0.05) is 18.6 Å². The van der Waals surface area contributed by atoms with Crippen molar-refractivity contribution in [2.24, 2.45) is 0 Å². The summed E-state index contributed by atoms with van der Waals surface area (Å²) in [6.07, 6.45) is -0.0220. The Hall–Kier alpha value is -2.73. The normalized spacial score (nSPS) is 20.3. The van der Waals surface area contributed by atoms with Gasteiger partial charge in [-0.15, -0.1) is 0 Å². The van der Waals surface area contributed by atoms with Gasteiger partial charge >= 0.3 is 0 Å². The van der Waals surface area contributed by atoms with Gasteiger partial charge in [-0.1, -0.05) is 12.1 Å². The van der Waals surface area contributed by atoms with E-state index in [-0.39, 0.29) is 35.8 Å². The van der Waals surface area contributed by atoms with Gasteiger partial charge in [-0.25, -0.2) is 0 Å². The van der Waals surface area contributed by atoms with Crippen molar-refractivity contribution in [3.63, 3.8) is 0 Å². The predicted octanol–water partition coefficient (Wildman–Crippen LogP) is 1.35. The number of rotatable bonds is 2. The van der Waals surface area contributed by atoms with Crippen LogP contribution >= 0.6 is 0 Å². The number of Topliss-reactive ketones (excluding diaryl/α,β-unsaturated/α-hetero) is 1. The second-order valence-electron chi connectivity index (χ2n) is 5.33. The maximum Gasteiger partial charge on any atom is 0.205 e. The number of phenols is 3. The predicted molar refractivity (Wildman–Crippen MR) is 76.4 cm³/mol. The summed E-state index contributed by atoms with van der Waals surface area (Å²) in [5.74, 6) is -1.21. The van der Waals surface area contributed by atoms with Crippen LogP contribution in [-0.4, -0.2) is 38.4 Å². The Labute approximate surface area is 125 Å². The molecule has 1 unspecified atom stereocenters. The van der Waals surface area contributed by atoms with Crippen molar-refractivity contribution in [1.82, 2.24) is 0 Å². The number of hydrogen-bond donors (Lipinski definition) is 4. The molecule has 1 aliphatic heterocycles. The number of aliphatic hydroxyl groups is 1. The Morgan fingerprint density at radius 3 is 2.41 bits per heavy atom. The SMILES string of the molecule is O=C1c2c(O)cc(O)cc2OCC1(O)Cc1ccc(O)cc1. The molecular weight excluding hydrogens is 288 g/mol. The first kappa shape index (κ1) is 14.2. The minimum atomic E-state index is -1.82. The third-order valence-corrected chi connectivity index (χ3v) is 3.62. The Bertz CT molecular complexity index is 737. The molecule has 3 rings (SSSR count). The average molecular weight is 302 g/mol. The van der Waals surface area contributed by atoms with E-state index in [0.29, 0.717) is 5.56 Å². The summed E-state index contributed by atoms with van der Waals surface area (Å²) in [7, 11) is 0. The standard InChI is InChI=1S/C16H14O6/c17-10-3-1-9(2-4-10)7-16(21)8-22-13-6-11(18)5-12(19)14(13)15(16)20/h1-6,17-19,21H,7-8H2. The van der Waals surface area contributed by atoms with Crippen LogP contribution in [0.15, 0.2) is 36.4 Å². The number of ketones is 1. The van der Waals surface area contributed by atoms with Gasteiger partial charge in [0.05, 0.1) is 0 Å². The molecule has 22 heavy (non-hydrogen) atoms. The molecule has 0 aliphatic carbocycles. The molecular formula is C16H14O6. The molecule has 1 heterocycles. The summed E-state index contributed by atoms with van der Waals surface area (Å²) in [4.78, 5) is 12.5. The van der Waals surface area contributed by atoms with Gasteiger partial charge in [0.2, 0.25) is 5.78 Å². The quantitative estimate of drug-likeness (QED) is 0.667. The van der Waals surface area contributed by atoms with Crippen molar-refractivity contribution in [1.29, 1.82) is 0 Å². The highest BCUT2D eigenvalue weighted by Gasteiger charge is 2.44. The van der Waals surface area contributed by atoms with Crippen molar-refractivity contribution < 1.29 is 30.0 Å². The van der Waals surface area contributed by atoms with Crippen molar-refractivity contribution >= 4 is 5.78 Å². The van der Waals surface area contributed by atoms with E-state index in [1.807, 2.05) is 0 Å². The van der Waals surface area contributed by atoms with Gasteiger partial charge in [0.25, 0.3) is 0 Å². The fourth-order valence-corrected chi connectivity index (χ4v) is 2.51. The number of hydrogen-bond acceptors (Lipinski definition) is 6. The smallest absolute Gasteiger partial charge is 0.205 e. The van der Waals surface area contributed by atoms with Gasteiger partial charge in [0.15, 0.2) is 5.60 Å². The monoisotopic (exact) mass is 302 g/mol. The zero-order valence-corrected chi connectivity index (χ0v) is 11.5. The lowest BCUT2D eigenvalue weighted by Crippen LogP contribution is -2.49. The molecule has 6 heteroatoms. The molecule has 0 saturated heterocycles. The van der Waals surface area contributed by atoms with E-state index in [9.17, 15) is 25.2 Å². The summed E-state index contributed by atoms with van der Waals surface area (Å²) < 4.78 is 5.33. The summed E-state index contributed by atoms with van der Waals surface area (Å²) in [5, 5.41) is 39.1. The summed E-state index contributed by atoms with van der Waals surface area (Å²) >= 11 is 0. The number of phenolic OH excluding ortho intramolecular Hbond substituents is 3. The van der Waals surface area contributed by atoms with Crippen LogP contribution in [-0.2, 0) is 6.42 Å². The summed E-state index contributed by atoms with van der Waals surface area (Å²) in [5.41, 5.74) is -1.33. The Morgan fingerprint density at radius 1 is 1.05 bits per heavy atom. The Kier molecular flexibility index (Phi) is 3.18. The highest BCUT2D eigenvalue weighted by atomic mass is 16.5. The lowest BCUT2D eigenvalue weighted by atomic mass is 9.85. The zero-order valence-electron chi connectivity index (χ0n) is 11.5. The molecule has 0 aromatic heterocycles. The van der Waals surface area contributed by atoms with Crippen LogP contribution in [0.1, 0.15) is 15.9 Å². The highest BCUT2D eigenvalue weighted by Crippen LogP contribution is 2.39. The highest BCUT2D eigenvalue weighted by molar-refractivity contribution is 6.08. The van der Waals surface area contributed by atoms with Gasteiger partial charge < -0.3 is 25.2 Å². The molecule has 0 radical (unpaired) electrons. The van der Waals surface area contributed by atoms with E-state index < -0.39 is 17.1 Å². The zero-order chi connectivity index (χ0) is 15.9. The number of carbonyl (C=O) groups is 1. The first-order valence-corrected chi connectivity index (χ1v) is 6.63. The van der Waals surface area contributed by atoms with Gasteiger partial charge in [-0.3, -0.25) is 4.79 Å². The third-order valence-electron chi connectivity index (χ3n) is 3.62. The first-order valence-electron chi connectivity index (χ1n) is 6.63. The number of fused-ring (bicyclic) bond motifs is 1. The number of carbonyl (C=O) groups excluding carboxylic acids is 1. The van der Waals surface area contributed by atoms with Crippen molar-refractivity contribution in [3.8, 4) is 23.0 Å². The molecule has 6 nitrogen and oxygen atoms in total. The molecule has 1 aliphatic rings. The Balaban J connectivity index is 1.95. The van der Waals surface area contributed by atoms with E-state index in [1.54, 1.807) is 12.1 Å². The molecule has 1 atom stereocenters. The van der Waals surface area contributed by atoms with Crippen LogP contribution in [0.2, 0.25) is 0 Å². The van der Waals surface area contributed by atoms with Crippen LogP contribution in [0.4, 0.5) is 0 Å².